The maximum absolute atomic E-state index is 12.6. The van der Waals surface area contributed by atoms with Crippen LogP contribution in [0.3, 0.4) is 0 Å². The van der Waals surface area contributed by atoms with Gasteiger partial charge in [0.15, 0.2) is 0 Å². The van der Waals surface area contributed by atoms with E-state index in [2.05, 4.69) is 5.32 Å². The molecule has 3 heteroatoms. The number of benzene rings is 3. The minimum Gasteiger partial charge on any atom is -0.398 e. The molecule has 0 saturated carbocycles. The Labute approximate surface area is 123 Å². The molecule has 0 bridgehead atoms. The van der Waals surface area contributed by atoms with E-state index in [9.17, 15) is 4.79 Å². The van der Waals surface area contributed by atoms with Crippen LogP contribution in [0.25, 0.3) is 10.8 Å². The number of nitrogen functional groups attached to an aromatic ring is 1. The van der Waals surface area contributed by atoms with E-state index in [-0.39, 0.29) is 5.91 Å². The van der Waals surface area contributed by atoms with Gasteiger partial charge in [-0.25, -0.2) is 0 Å². The van der Waals surface area contributed by atoms with Crippen LogP contribution in [0.15, 0.2) is 60.7 Å². The molecule has 0 fully saturated rings. The predicted molar refractivity (Wildman–Crippen MR) is 87.5 cm³/mol. The van der Waals surface area contributed by atoms with E-state index in [0.29, 0.717) is 11.3 Å². The Kier molecular flexibility index (Phi) is 3.32. The molecule has 3 aromatic carbocycles. The highest BCUT2D eigenvalue weighted by molar-refractivity contribution is 6.15. The van der Waals surface area contributed by atoms with E-state index in [0.717, 1.165) is 22.0 Å². The molecule has 0 unspecified atom stereocenters. The van der Waals surface area contributed by atoms with Crippen LogP contribution in [0.4, 0.5) is 11.4 Å². The van der Waals surface area contributed by atoms with Crippen molar-refractivity contribution in [1.82, 2.24) is 0 Å². The minimum absolute atomic E-state index is 0.137. The molecule has 0 saturated heterocycles. The summed E-state index contributed by atoms with van der Waals surface area (Å²) in [4.78, 5) is 12.6. The van der Waals surface area contributed by atoms with Gasteiger partial charge in [0.1, 0.15) is 0 Å². The van der Waals surface area contributed by atoms with Gasteiger partial charge in [0.25, 0.3) is 5.91 Å². The van der Waals surface area contributed by atoms with Gasteiger partial charge in [0.2, 0.25) is 0 Å². The minimum atomic E-state index is -0.137. The van der Waals surface area contributed by atoms with Gasteiger partial charge in [-0.2, -0.15) is 0 Å². The Bertz CT molecular complexity index is 810. The lowest BCUT2D eigenvalue weighted by atomic mass is 9.97. The molecule has 0 atom stereocenters. The van der Waals surface area contributed by atoms with Gasteiger partial charge in [-0.3, -0.25) is 4.79 Å². The lowest BCUT2D eigenvalue weighted by Crippen LogP contribution is -2.14. The van der Waals surface area contributed by atoms with Gasteiger partial charge in [-0.05, 0) is 41.5 Å². The summed E-state index contributed by atoms with van der Waals surface area (Å²) in [5.74, 6) is -0.137. The summed E-state index contributed by atoms with van der Waals surface area (Å²) in [5, 5.41) is 4.81. The van der Waals surface area contributed by atoms with Crippen LogP contribution in [0.2, 0.25) is 0 Å². The largest absolute Gasteiger partial charge is 0.398 e. The number of anilines is 2. The van der Waals surface area contributed by atoms with E-state index in [1.165, 1.54) is 0 Å². The van der Waals surface area contributed by atoms with Gasteiger partial charge in [0, 0.05) is 11.4 Å². The van der Waals surface area contributed by atoms with E-state index < -0.39 is 0 Å². The fraction of sp³-hybridized carbons (Fsp3) is 0.0556. The zero-order valence-electron chi connectivity index (χ0n) is 11.8. The van der Waals surface area contributed by atoms with E-state index in [1.807, 2.05) is 67.6 Å². The maximum Gasteiger partial charge on any atom is 0.256 e. The number of amides is 1. The summed E-state index contributed by atoms with van der Waals surface area (Å²) in [6.45, 7) is 1.88. The van der Waals surface area contributed by atoms with Crippen LogP contribution in [-0.4, -0.2) is 5.91 Å². The molecule has 3 rings (SSSR count). The highest BCUT2D eigenvalue weighted by Gasteiger charge is 2.15. The SMILES string of the molecule is Cc1c(N)cc2ccccc2c1C(=O)Nc1ccccc1. The van der Waals surface area contributed by atoms with Crippen molar-refractivity contribution >= 4 is 28.1 Å². The fourth-order valence-corrected chi connectivity index (χ4v) is 2.48. The Morgan fingerprint density at radius 3 is 2.43 bits per heavy atom. The van der Waals surface area contributed by atoms with Gasteiger partial charge in [-0.15, -0.1) is 0 Å². The first-order valence-electron chi connectivity index (χ1n) is 6.81. The fourth-order valence-electron chi connectivity index (χ4n) is 2.48. The van der Waals surface area contributed by atoms with Crippen LogP contribution in [0, 0.1) is 6.92 Å². The topological polar surface area (TPSA) is 55.1 Å². The Balaban J connectivity index is 2.11. The van der Waals surface area contributed by atoms with Crippen molar-refractivity contribution in [2.75, 3.05) is 11.1 Å². The Morgan fingerprint density at radius 1 is 1.00 bits per heavy atom. The van der Waals surface area contributed by atoms with Crippen molar-refractivity contribution in [3.8, 4) is 0 Å². The van der Waals surface area contributed by atoms with Crippen molar-refractivity contribution in [3.05, 3.63) is 71.8 Å². The highest BCUT2D eigenvalue weighted by Crippen LogP contribution is 2.27. The normalized spacial score (nSPS) is 10.5. The van der Waals surface area contributed by atoms with Crippen molar-refractivity contribution in [2.45, 2.75) is 6.92 Å². The van der Waals surface area contributed by atoms with Crippen LogP contribution < -0.4 is 11.1 Å². The number of nitrogens with two attached hydrogens (primary N) is 1. The van der Waals surface area contributed by atoms with Gasteiger partial charge in [0.05, 0.1) is 5.56 Å². The molecular weight excluding hydrogens is 260 g/mol. The first-order chi connectivity index (χ1) is 10.2. The molecule has 0 heterocycles. The molecule has 104 valence electrons. The van der Waals surface area contributed by atoms with Crippen molar-refractivity contribution in [2.24, 2.45) is 0 Å². The molecule has 0 aliphatic heterocycles. The van der Waals surface area contributed by atoms with Crippen LogP contribution in [0.1, 0.15) is 15.9 Å². The van der Waals surface area contributed by atoms with E-state index in [1.54, 1.807) is 0 Å². The lowest BCUT2D eigenvalue weighted by Gasteiger charge is -2.13. The Morgan fingerprint density at radius 2 is 1.67 bits per heavy atom. The number of carbonyl (C=O) groups is 1. The van der Waals surface area contributed by atoms with Gasteiger partial charge >= 0.3 is 0 Å². The maximum atomic E-state index is 12.6. The summed E-state index contributed by atoms with van der Waals surface area (Å²) >= 11 is 0. The smallest absolute Gasteiger partial charge is 0.256 e. The third-order valence-electron chi connectivity index (χ3n) is 3.61. The molecule has 21 heavy (non-hydrogen) atoms. The van der Waals surface area contributed by atoms with Crippen LogP contribution in [0.5, 0.6) is 0 Å². The van der Waals surface area contributed by atoms with Gasteiger partial charge < -0.3 is 11.1 Å². The predicted octanol–water partition coefficient (Wildman–Crippen LogP) is 3.98. The van der Waals surface area contributed by atoms with Crippen LogP contribution in [-0.2, 0) is 0 Å². The second kappa shape index (κ2) is 5.29. The summed E-state index contributed by atoms with van der Waals surface area (Å²) in [5.41, 5.74) is 8.88. The highest BCUT2D eigenvalue weighted by atomic mass is 16.1. The van der Waals surface area contributed by atoms with Crippen molar-refractivity contribution < 1.29 is 4.79 Å². The molecule has 3 aromatic rings. The monoisotopic (exact) mass is 276 g/mol. The molecule has 0 aliphatic rings. The number of hydrogen-bond donors (Lipinski definition) is 2. The van der Waals surface area contributed by atoms with E-state index >= 15 is 0 Å². The molecule has 0 aliphatic carbocycles. The first kappa shape index (κ1) is 13.2. The summed E-state index contributed by atoms with van der Waals surface area (Å²) in [6.07, 6.45) is 0. The molecular formula is C18H16N2O. The van der Waals surface area contributed by atoms with E-state index in [4.69, 9.17) is 5.73 Å². The molecule has 1 amide bonds. The third kappa shape index (κ3) is 2.46. The average molecular weight is 276 g/mol. The van der Waals surface area contributed by atoms with Crippen molar-refractivity contribution in [3.63, 3.8) is 0 Å². The first-order valence-corrected chi connectivity index (χ1v) is 6.81. The average Bonchev–Trinajstić information content (AvgIpc) is 2.49. The lowest BCUT2D eigenvalue weighted by molar-refractivity contribution is 0.102. The zero-order chi connectivity index (χ0) is 14.8. The molecule has 0 spiro atoms. The third-order valence-corrected chi connectivity index (χ3v) is 3.61. The second-order valence-corrected chi connectivity index (χ2v) is 5.01. The number of para-hydroxylation sites is 1. The summed E-state index contributed by atoms with van der Waals surface area (Å²) in [7, 11) is 0. The van der Waals surface area contributed by atoms with Gasteiger partial charge in [-0.1, -0.05) is 42.5 Å². The number of fused-ring (bicyclic) bond motifs is 1. The number of nitrogens with one attached hydrogen (secondary N) is 1. The molecule has 3 nitrogen and oxygen atoms in total. The molecule has 0 aromatic heterocycles. The quantitative estimate of drug-likeness (QED) is 0.695. The molecule has 3 N–H and O–H groups in total. The standard InChI is InChI=1S/C18H16N2O/c1-12-16(19)11-13-7-5-6-10-15(13)17(12)18(21)20-14-8-3-2-4-9-14/h2-11H,19H2,1H3,(H,20,21). The number of carbonyl (C=O) groups excluding carboxylic acids is 1. The summed E-state index contributed by atoms with van der Waals surface area (Å²) < 4.78 is 0. The zero-order valence-corrected chi connectivity index (χ0v) is 11.8. The van der Waals surface area contributed by atoms with Crippen molar-refractivity contribution in [1.29, 1.82) is 0 Å². The second-order valence-electron chi connectivity index (χ2n) is 5.01. The van der Waals surface area contributed by atoms with Crippen LogP contribution >= 0.6 is 0 Å². The summed E-state index contributed by atoms with van der Waals surface area (Å²) in [6, 6.07) is 19.1. The number of rotatable bonds is 2. The number of hydrogen-bond acceptors (Lipinski definition) is 2. The molecule has 0 radical (unpaired) electrons. The Hall–Kier alpha value is -2.81.